The zero-order chi connectivity index (χ0) is 73.9. The summed E-state index contributed by atoms with van der Waals surface area (Å²) >= 11 is 0. The van der Waals surface area contributed by atoms with E-state index >= 15 is 105 Å². The van der Waals surface area contributed by atoms with E-state index in [1.54, 1.807) is 0 Å². The van der Waals surface area contributed by atoms with Crippen molar-refractivity contribution in [1.29, 1.82) is 0 Å². The smallest absolute Gasteiger partial charge is 0.200 e. The van der Waals surface area contributed by atoms with E-state index in [0.717, 1.165) is 0 Å². The van der Waals surface area contributed by atoms with Gasteiger partial charge in [0, 0.05) is 55.4 Å². The third-order valence-electron chi connectivity index (χ3n) is 15.8. The Morgan fingerprint density at radius 1 is 0.137 bits per heavy atom. The SMILES string of the molecule is Fc1c(F)c(F)c(-c2c3nc(c(-c4c(F)c(F)c(F)c(F)c4F)c4nc(c(-c5c(F)c(F)c(F)c(F)c5F)c5ccc([nH]5)c(-c5c(F)c(F)c(F)c(F)c5F)c5nc(c(-c6c(F)c(F)c(F)c(F)c6F)c6ccc([nH]6)c(-c6c(F)c(F)c(F)c(F)c6F)c6nc2C=C6)C=C5)C=C4)C=C3)c(F)c1F. The van der Waals surface area contributed by atoms with Crippen LogP contribution in [0.25, 0.3) is 137 Å². The summed E-state index contributed by atoms with van der Waals surface area (Å²) in [6.45, 7) is 0. The summed E-state index contributed by atoms with van der Waals surface area (Å²) in [5, 5.41) is 0. The van der Waals surface area contributed by atoms with E-state index in [2.05, 4.69) is 29.9 Å². The number of rotatable bonds is 6. The maximum atomic E-state index is 16.4. The predicted octanol–water partition coefficient (Wildman–Crippen LogP) is 20.8. The highest BCUT2D eigenvalue weighted by atomic mass is 19.2. The van der Waals surface area contributed by atoms with Gasteiger partial charge in [-0.3, -0.25) is 0 Å². The number of H-pyrrole nitrogens is 2. The highest BCUT2D eigenvalue weighted by molar-refractivity contribution is 6.01. The van der Waals surface area contributed by atoms with Crippen molar-refractivity contribution >= 4 is 70.7 Å². The van der Waals surface area contributed by atoms with Crippen molar-refractivity contribution in [3.8, 4) is 66.8 Å². The summed E-state index contributed by atoms with van der Waals surface area (Å²) in [4.78, 5) is 19.7. The lowest BCUT2D eigenvalue weighted by atomic mass is 9.99. The van der Waals surface area contributed by atoms with Crippen molar-refractivity contribution in [2.45, 2.75) is 0 Å². The Kier molecular flexibility index (Phi) is 16.5. The van der Waals surface area contributed by atoms with Crippen LogP contribution in [0.4, 0.5) is 132 Å². The Hall–Kier alpha value is -11.9. The van der Waals surface area contributed by atoms with Crippen LogP contribution in [0, 0.1) is 175 Å². The van der Waals surface area contributed by atoms with Gasteiger partial charge in [0.1, 0.15) is 0 Å². The van der Waals surface area contributed by atoms with Crippen LogP contribution >= 0.6 is 0 Å². The standard InChI is InChI=1S/C66H14F30N6/c67-37-31(38(68)50(80)61(91)49(37)79)25-13-1-2-14(97-13)26(32-39(69)51(81)62(92)52(82)40(32)70)16-5-6-18(99-16)28(34-43(73)55(85)64(94)56(86)44(34)74)20-9-10-22(101-20)30(36-47(77)59(89)66(96)60(90)48(36)78)24-12-11-23(102-24)29(35-45(75)57(87)65(95)58(88)46(35)76)21-8-7-19(100-21)27(17-4-3-15(25)98-17)33-41(71)53(83)63(93)54(84)42(33)72/h1-12,97,100H. The van der Waals surface area contributed by atoms with Gasteiger partial charge in [0.25, 0.3) is 0 Å². The van der Waals surface area contributed by atoms with Gasteiger partial charge in [-0.15, -0.1) is 0 Å². The average Bonchev–Trinajstić information content (AvgIpc) is 1.55. The minimum atomic E-state index is -2.93. The van der Waals surface area contributed by atoms with Crippen LogP contribution in [0.15, 0.2) is 24.3 Å². The lowest BCUT2D eigenvalue weighted by molar-refractivity contribution is 0.381. The largest absolute Gasteiger partial charge is 0.354 e. The summed E-state index contributed by atoms with van der Waals surface area (Å²) in [5.74, 6) is -86.2. The second kappa shape index (κ2) is 24.5. The van der Waals surface area contributed by atoms with Crippen molar-refractivity contribution in [3.05, 3.63) is 244 Å². The fourth-order valence-electron chi connectivity index (χ4n) is 11.3. The van der Waals surface area contributed by atoms with Crippen LogP contribution in [0.3, 0.4) is 0 Å². The maximum Gasteiger partial charge on any atom is 0.200 e. The van der Waals surface area contributed by atoms with Crippen molar-refractivity contribution < 1.29 is 132 Å². The van der Waals surface area contributed by atoms with Crippen molar-refractivity contribution in [1.82, 2.24) is 29.9 Å². The van der Waals surface area contributed by atoms with Gasteiger partial charge in [0.05, 0.1) is 78.9 Å². The van der Waals surface area contributed by atoms with Gasteiger partial charge in [0.2, 0.25) is 34.9 Å². The van der Waals surface area contributed by atoms with Crippen LogP contribution in [-0.2, 0) is 0 Å². The number of halogens is 30. The van der Waals surface area contributed by atoms with E-state index in [0.29, 0.717) is 72.9 Å². The van der Waals surface area contributed by atoms with E-state index in [9.17, 15) is 26.3 Å². The Balaban J connectivity index is 1.34. The number of aromatic amines is 2. The molecule has 4 aliphatic rings. The molecular weight excluding hydrogens is 1450 g/mol. The second-order valence-corrected chi connectivity index (χ2v) is 21.4. The molecule has 0 saturated carbocycles. The van der Waals surface area contributed by atoms with Crippen molar-refractivity contribution in [2.75, 3.05) is 0 Å². The summed E-state index contributed by atoms with van der Waals surface area (Å²) in [6, 6.07) is 1.55. The monoisotopic (exact) mass is 1460 g/mol. The molecule has 12 bridgehead atoms. The number of nitrogens with one attached hydrogen (secondary N) is 2. The van der Waals surface area contributed by atoms with Gasteiger partial charge in [-0.2, -0.15) is 0 Å². The number of benzene rings is 6. The zero-order valence-corrected chi connectivity index (χ0v) is 48.1. The molecule has 0 spiro atoms. The Labute approximate surface area is 542 Å². The Morgan fingerprint density at radius 3 is 0.382 bits per heavy atom. The Morgan fingerprint density at radius 2 is 0.245 bits per heavy atom. The lowest BCUT2D eigenvalue weighted by Crippen LogP contribution is -2.07. The topological polar surface area (TPSA) is 83.1 Å². The van der Waals surface area contributed by atoms with Crippen LogP contribution in [0.1, 0.15) is 45.6 Å². The number of fused-ring (bicyclic) bond motifs is 12. The number of hydrogen-bond acceptors (Lipinski definition) is 4. The maximum absolute atomic E-state index is 16.4. The van der Waals surface area contributed by atoms with E-state index < -0.39 is 309 Å². The molecule has 0 atom stereocenters. The molecule has 0 amide bonds. The van der Waals surface area contributed by atoms with E-state index in [-0.39, 0.29) is 0 Å². The Bertz CT molecular complexity index is 5380. The first-order valence-electron chi connectivity index (χ1n) is 27.4. The number of hydrogen-bond donors (Lipinski definition) is 2. The van der Waals surface area contributed by atoms with E-state index in [4.69, 9.17) is 0 Å². The minimum absolute atomic E-state index is 0.339. The lowest BCUT2D eigenvalue weighted by Gasteiger charge is -2.12. The first kappa shape index (κ1) is 68.6. The molecule has 0 unspecified atom stereocenters. The fourth-order valence-corrected chi connectivity index (χ4v) is 11.3. The molecule has 6 aromatic carbocycles. The van der Waals surface area contributed by atoms with Crippen molar-refractivity contribution in [3.63, 3.8) is 0 Å². The molecule has 0 aliphatic carbocycles. The zero-order valence-electron chi connectivity index (χ0n) is 48.1. The molecule has 7 heterocycles. The molecule has 36 heteroatoms. The molecule has 0 radical (unpaired) electrons. The molecule has 9 aromatic rings. The minimum Gasteiger partial charge on any atom is -0.354 e. The molecule has 0 fully saturated rings. The van der Waals surface area contributed by atoms with Gasteiger partial charge in [-0.25, -0.2) is 152 Å². The highest BCUT2D eigenvalue weighted by Gasteiger charge is 2.38. The number of nitrogens with zero attached hydrogens (tertiary/aromatic N) is 4. The summed E-state index contributed by atoms with van der Waals surface area (Å²) < 4.78 is 472. The van der Waals surface area contributed by atoms with Gasteiger partial charge in [-0.05, 0) is 72.9 Å². The normalized spacial score (nSPS) is 12.5. The third kappa shape index (κ3) is 10.0. The quantitative estimate of drug-likeness (QED) is 0.0987. The molecule has 13 rings (SSSR count). The second-order valence-electron chi connectivity index (χ2n) is 21.4. The molecule has 2 N–H and O–H groups in total. The molecule has 102 heavy (non-hydrogen) atoms. The predicted molar refractivity (Wildman–Crippen MR) is 299 cm³/mol. The van der Waals surface area contributed by atoms with Crippen LogP contribution in [0.5, 0.6) is 0 Å². The number of aromatic nitrogens is 6. The highest BCUT2D eigenvalue weighted by Crippen LogP contribution is 2.47. The van der Waals surface area contributed by atoms with Gasteiger partial charge >= 0.3 is 0 Å². The van der Waals surface area contributed by atoms with Gasteiger partial charge < -0.3 is 9.97 Å². The van der Waals surface area contributed by atoms with Gasteiger partial charge in [-0.1, -0.05) is 0 Å². The van der Waals surface area contributed by atoms with E-state index in [1.165, 1.54) is 0 Å². The van der Waals surface area contributed by atoms with Crippen molar-refractivity contribution in [2.24, 2.45) is 0 Å². The summed E-state index contributed by atoms with van der Waals surface area (Å²) in [5.41, 5.74) is -39.0. The molecule has 6 nitrogen and oxygen atoms in total. The first-order valence-corrected chi connectivity index (χ1v) is 27.4. The fraction of sp³-hybridized carbons (Fsp3) is 0. The molecule has 4 aliphatic heterocycles. The molecule has 0 saturated heterocycles. The third-order valence-corrected chi connectivity index (χ3v) is 15.8. The van der Waals surface area contributed by atoms with Crippen LogP contribution in [0.2, 0.25) is 0 Å². The average molecular weight is 1460 g/mol. The van der Waals surface area contributed by atoms with Crippen LogP contribution in [-0.4, -0.2) is 29.9 Å². The first-order chi connectivity index (χ1) is 48.1. The molecular formula is C66H14F30N6. The van der Waals surface area contributed by atoms with E-state index in [1.807, 2.05) is 0 Å². The summed E-state index contributed by atoms with van der Waals surface area (Å²) in [6.07, 6.45) is 2.79. The summed E-state index contributed by atoms with van der Waals surface area (Å²) in [7, 11) is 0. The van der Waals surface area contributed by atoms with Gasteiger partial charge in [0.15, 0.2) is 140 Å². The van der Waals surface area contributed by atoms with Crippen LogP contribution < -0.4 is 0 Å². The molecule has 3 aromatic heterocycles. The molecule has 518 valence electrons.